The first-order valence-corrected chi connectivity index (χ1v) is 10.0. The van der Waals surface area contributed by atoms with Gasteiger partial charge in [0.05, 0.1) is 10.9 Å². The van der Waals surface area contributed by atoms with Gasteiger partial charge in [-0.1, -0.05) is 18.2 Å². The molecule has 4 nitrogen and oxygen atoms in total. The molecule has 1 amide bonds. The Labute approximate surface area is 147 Å². The van der Waals surface area contributed by atoms with E-state index in [0.717, 1.165) is 30.2 Å². The van der Waals surface area contributed by atoms with E-state index in [9.17, 15) is 17.6 Å². The first kappa shape index (κ1) is 17.6. The molecular weight excluding hydrogens is 341 g/mol. The highest BCUT2D eigenvalue weighted by Gasteiger charge is 2.31. The number of hydrogen-bond donors (Lipinski definition) is 0. The van der Waals surface area contributed by atoms with Crippen LogP contribution in [-0.2, 0) is 9.84 Å². The number of hydrogen-bond acceptors (Lipinski definition) is 3. The van der Waals surface area contributed by atoms with Crippen LogP contribution < -0.4 is 0 Å². The molecule has 0 spiro atoms. The number of likely N-dealkylation sites (tertiary alicyclic amines) is 1. The van der Waals surface area contributed by atoms with Crippen LogP contribution in [0.3, 0.4) is 0 Å². The minimum atomic E-state index is -3.38. The lowest BCUT2D eigenvalue weighted by molar-refractivity contribution is 0.0734. The van der Waals surface area contributed by atoms with Crippen LogP contribution in [0, 0.1) is 12.7 Å². The fraction of sp³-hybridized carbons (Fsp3) is 0.316. The average Bonchev–Trinajstić information content (AvgIpc) is 3.04. The van der Waals surface area contributed by atoms with Crippen molar-refractivity contribution in [2.45, 2.75) is 30.7 Å². The molecule has 1 aliphatic rings. The summed E-state index contributed by atoms with van der Waals surface area (Å²) in [7, 11) is -3.38. The SMILES string of the molecule is Cc1ccc(S(C)(=O)=O)cc1C(=O)N1CCC[C@H]1c1ccc(F)cc1. The van der Waals surface area contributed by atoms with Crippen molar-refractivity contribution in [2.75, 3.05) is 12.8 Å². The Morgan fingerprint density at radius 1 is 1.16 bits per heavy atom. The minimum Gasteiger partial charge on any atom is -0.332 e. The van der Waals surface area contributed by atoms with Gasteiger partial charge in [-0.25, -0.2) is 12.8 Å². The van der Waals surface area contributed by atoms with Crippen LogP contribution in [0.4, 0.5) is 4.39 Å². The van der Waals surface area contributed by atoms with Crippen molar-refractivity contribution in [2.24, 2.45) is 0 Å². The van der Waals surface area contributed by atoms with E-state index in [1.165, 1.54) is 24.3 Å². The average molecular weight is 361 g/mol. The van der Waals surface area contributed by atoms with Crippen molar-refractivity contribution in [3.05, 3.63) is 65.0 Å². The normalized spacial score (nSPS) is 17.7. The number of sulfone groups is 1. The third kappa shape index (κ3) is 3.58. The number of halogens is 1. The molecule has 1 fully saturated rings. The van der Waals surface area contributed by atoms with Crippen LogP contribution in [0.1, 0.15) is 40.4 Å². The molecule has 0 radical (unpaired) electrons. The maximum Gasteiger partial charge on any atom is 0.254 e. The van der Waals surface area contributed by atoms with Gasteiger partial charge in [0.1, 0.15) is 5.82 Å². The molecule has 0 unspecified atom stereocenters. The maximum atomic E-state index is 13.2. The quantitative estimate of drug-likeness (QED) is 0.841. The molecular formula is C19H20FNO3S. The van der Waals surface area contributed by atoms with E-state index in [2.05, 4.69) is 0 Å². The summed E-state index contributed by atoms with van der Waals surface area (Å²) in [4.78, 5) is 14.9. The predicted molar refractivity (Wildman–Crippen MR) is 93.7 cm³/mol. The van der Waals surface area contributed by atoms with Crippen LogP contribution >= 0.6 is 0 Å². The number of benzene rings is 2. The van der Waals surface area contributed by atoms with Crippen molar-refractivity contribution in [3.8, 4) is 0 Å². The standard InChI is InChI=1S/C19H20FNO3S/c1-13-5-10-16(25(2,23)24)12-17(13)19(22)21-11-3-4-18(21)14-6-8-15(20)9-7-14/h5-10,12,18H,3-4,11H2,1-2H3/t18-/m0/s1. The largest absolute Gasteiger partial charge is 0.332 e. The van der Waals surface area contributed by atoms with Gasteiger partial charge >= 0.3 is 0 Å². The van der Waals surface area contributed by atoms with E-state index < -0.39 is 9.84 Å². The third-order valence-corrected chi connectivity index (χ3v) is 5.75. The summed E-state index contributed by atoms with van der Waals surface area (Å²) in [6, 6.07) is 10.7. The zero-order valence-electron chi connectivity index (χ0n) is 14.2. The van der Waals surface area contributed by atoms with Gasteiger partial charge in [0.2, 0.25) is 0 Å². The molecule has 0 bridgehead atoms. The number of nitrogens with zero attached hydrogens (tertiary/aromatic N) is 1. The molecule has 1 saturated heterocycles. The molecule has 0 saturated carbocycles. The Morgan fingerprint density at radius 3 is 2.48 bits per heavy atom. The van der Waals surface area contributed by atoms with Crippen molar-refractivity contribution in [1.82, 2.24) is 4.90 Å². The fourth-order valence-electron chi connectivity index (χ4n) is 3.26. The van der Waals surface area contributed by atoms with Crippen LogP contribution in [0.5, 0.6) is 0 Å². The summed E-state index contributed by atoms with van der Waals surface area (Å²) in [5.74, 6) is -0.494. The Balaban J connectivity index is 1.96. The number of carbonyl (C=O) groups is 1. The molecule has 1 atom stereocenters. The molecule has 6 heteroatoms. The maximum absolute atomic E-state index is 13.2. The van der Waals surface area contributed by atoms with Gasteiger partial charge in [0.25, 0.3) is 5.91 Å². The second-order valence-electron chi connectivity index (χ2n) is 6.46. The van der Waals surface area contributed by atoms with Crippen molar-refractivity contribution >= 4 is 15.7 Å². The Morgan fingerprint density at radius 2 is 1.84 bits per heavy atom. The van der Waals surface area contributed by atoms with Crippen molar-refractivity contribution in [1.29, 1.82) is 0 Å². The topological polar surface area (TPSA) is 54.5 Å². The summed E-state index contributed by atoms with van der Waals surface area (Å²) in [5, 5.41) is 0. The molecule has 0 aliphatic carbocycles. The van der Waals surface area contributed by atoms with Crippen molar-refractivity contribution < 1.29 is 17.6 Å². The second kappa shape index (κ2) is 6.59. The number of rotatable bonds is 3. The summed E-state index contributed by atoms with van der Waals surface area (Å²) in [6.07, 6.45) is 2.80. The summed E-state index contributed by atoms with van der Waals surface area (Å²) < 4.78 is 36.8. The van der Waals surface area contributed by atoms with Gasteiger partial charge in [-0.2, -0.15) is 0 Å². The lowest BCUT2D eigenvalue weighted by Gasteiger charge is -2.26. The van der Waals surface area contributed by atoms with Crippen LogP contribution in [0.25, 0.3) is 0 Å². The number of amides is 1. The highest BCUT2D eigenvalue weighted by atomic mass is 32.2. The molecule has 132 valence electrons. The van der Waals surface area contributed by atoms with Gasteiger partial charge < -0.3 is 4.90 Å². The first-order chi connectivity index (χ1) is 11.8. The highest BCUT2D eigenvalue weighted by Crippen LogP contribution is 2.34. The molecule has 0 aromatic heterocycles. The molecule has 25 heavy (non-hydrogen) atoms. The van der Waals surface area contributed by atoms with Gasteiger partial charge in [0.15, 0.2) is 9.84 Å². The summed E-state index contributed by atoms with van der Waals surface area (Å²) in [5.41, 5.74) is 2.03. The van der Waals surface area contributed by atoms with E-state index in [0.29, 0.717) is 12.1 Å². The summed E-state index contributed by atoms with van der Waals surface area (Å²) in [6.45, 7) is 2.39. The van der Waals surface area contributed by atoms with E-state index in [1.807, 2.05) is 0 Å². The second-order valence-corrected chi connectivity index (χ2v) is 8.47. The molecule has 1 heterocycles. The predicted octanol–water partition coefficient (Wildman–Crippen LogP) is 3.51. The van der Waals surface area contributed by atoms with E-state index in [-0.39, 0.29) is 22.7 Å². The van der Waals surface area contributed by atoms with Gasteiger partial charge in [0, 0.05) is 18.4 Å². The third-order valence-electron chi connectivity index (χ3n) is 4.64. The highest BCUT2D eigenvalue weighted by molar-refractivity contribution is 7.90. The molecule has 3 rings (SSSR count). The molecule has 1 aliphatic heterocycles. The van der Waals surface area contributed by atoms with E-state index in [4.69, 9.17) is 0 Å². The first-order valence-electron chi connectivity index (χ1n) is 8.14. The molecule has 2 aromatic rings. The lowest BCUT2D eigenvalue weighted by Crippen LogP contribution is -2.31. The van der Waals surface area contributed by atoms with E-state index >= 15 is 0 Å². The summed E-state index contributed by atoms with van der Waals surface area (Å²) >= 11 is 0. The van der Waals surface area contributed by atoms with Gasteiger partial charge in [-0.3, -0.25) is 4.79 Å². The minimum absolute atomic E-state index is 0.116. The van der Waals surface area contributed by atoms with Crippen LogP contribution in [-0.4, -0.2) is 32.0 Å². The van der Waals surface area contributed by atoms with Crippen LogP contribution in [0.15, 0.2) is 47.4 Å². The zero-order valence-corrected chi connectivity index (χ0v) is 15.0. The lowest BCUT2D eigenvalue weighted by atomic mass is 10.0. The van der Waals surface area contributed by atoms with E-state index in [1.54, 1.807) is 30.0 Å². The smallest absolute Gasteiger partial charge is 0.254 e. The zero-order chi connectivity index (χ0) is 18.2. The van der Waals surface area contributed by atoms with Gasteiger partial charge in [-0.05, 0) is 55.2 Å². The Kier molecular flexibility index (Phi) is 4.64. The Hall–Kier alpha value is -2.21. The number of carbonyl (C=O) groups excluding carboxylic acids is 1. The van der Waals surface area contributed by atoms with Crippen molar-refractivity contribution in [3.63, 3.8) is 0 Å². The van der Waals surface area contributed by atoms with Crippen LogP contribution in [0.2, 0.25) is 0 Å². The monoisotopic (exact) mass is 361 g/mol. The number of aryl methyl sites for hydroxylation is 1. The molecule has 2 aromatic carbocycles. The fourth-order valence-corrected chi connectivity index (χ4v) is 3.91. The van der Waals surface area contributed by atoms with Gasteiger partial charge in [-0.15, -0.1) is 0 Å². The Bertz CT molecular complexity index is 907. The molecule has 0 N–H and O–H groups in total.